The normalized spacial score (nSPS) is 12.1. The minimum absolute atomic E-state index is 0. The topological polar surface area (TPSA) is 42.0 Å². The van der Waals surface area contributed by atoms with Gasteiger partial charge in [-0.25, -0.2) is 4.79 Å². The second kappa shape index (κ2) is 11.1. The second-order valence-corrected chi connectivity index (χ2v) is 6.97. The summed E-state index contributed by atoms with van der Waals surface area (Å²) in [5, 5.41) is 0. The molecule has 5 nitrogen and oxygen atoms in total. The van der Waals surface area contributed by atoms with E-state index in [2.05, 4.69) is 0 Å². The fourth-order valence-corrected chi connectivity index (χ4v) is 2.73. The molecule has 1 amide bonds. The molecular weight excluding hydrogens is 421 g/mol. The van der Waals surface area contributed by atoms with Crippen molar-refractivity contribution in [2.24, 2.45) is 0 Å². The van der Waals surface area contributed by atoms with Gasteiger partial charge in [0.1, 0.15) is 11.5 Å². The summed E-state index contributed by atoms with van der Waals surface area (Å²) in [5.74, 6) is 0.820. The van der Waals surface area contributed by atoms with Crippen molar-refractivity contribution >= 4 is 18.5 Å². The summed E-state index contributed by atoms with van der Waals surface area (Å²) in [5.41, 5.74) is 0.232. The molecule has 2 aromatic rings. The highest BCUT2D eigenvalue weighted by Gasteiger charge is 2.30. The highest BCUT2D eigenvalue weighted by Crippen LogP contribution is 2.31. The van der Waals surface area contributed by atoms with Crippen LogP contribution in [-0.4, -0.2) is 50.7 Å². The molecule has 1 atom stereocenters. The van der Waals surface area contributed by atoms with Crippen LogP contribution in [0.4, 0.5) is 18.0 Å². The summed E-state index contributed by atoms with van der Waals surface area (Å²) in [6, 6.07) is 11.8. The number of nitrogens with zero attached hydrogens (tertiary/aromatic N) is 2. The van der Waals surface area contributed by atoms with Crippen molar-refractivity contribution in [3.05, 3.63) is 59.7 Å². The fourth-order valence-electron chi connectivity index (χ4n) is 2.73. The molecule has 0 heterocycles. The second-order valence-electron chi connectivity index (χ2n) is 6.97. The van der Waals surface area contributed by atoms with E-state index in [-0.39, 0.29) is 18.4 Å². The summed E-state index contributed by atoms with van der Waals surface area (Å²) < 4.78 is 48.8. The van der Waals surface area contributed by atoms with E-state index in [1.54, 1.807) is 32.3 Å². The molecule has 9 heteroatoms. The van der Waals surface area contributed by atoms with Crippen LogP contribution < -0.4 is 9.47 Å². The minimum Gasteiger partial charge on any atom is -0.494 e. The number of alkyl halides is 3. The first kappa shape index (κ1) is 25.6. The molecule has 0 N–H and O–H groups in total. The maximum atomic E-state index is 12.6. The van der Waals surface area contributed by atoms with Crippen molar-refractivity contribution in [3.63, 3.8) is 0 Å². The lowest BCUT2D eigenvalue weighted by Crippen LogP contribution is -2.25. The Hall–Kier alpha value is -2.45. The van der Waals surface area contributed by atoms with Crippen molar-refractivity contribution in [1.29, 1.82) is 0 Å². The number of halogens is 4. The first-order valence-corrected chi connectivity index (χ1v) is 9.03. The van der Waals surface area contributed by atoms with E-state index in [1.807, 2.05) is 25.1 Å². The third-order valence-electron chi connectivity index (χ3n) is 4.28. The van der Waals surface area contributed by atoms with Crippen LogP contribution in [0, 0.1) is 0 Å². The van der Waals surface area contributed by atoms with E-state index in [0.29, 0.717) is 24.5 Å². The third kappa shape index (κ3) is 7.42. The number of ether oxygens (including phenoxy) is 2. The van der Waals surface area contributed by atoms with E-state index >= 15 is 0 Å². The number of carbonyl (C=O) groups is 1. The molecule has 1 unspecified atom stereocenters. The minimum atomic E-state index is -4.37. The SMILES string of the molecule is CN(C)C(=O)Oc1cccc(C(CCOc2ccc(C(F)(F)F)cc2)N(C)C)c1.Cl. The highest BCUT2D eigenvalue weighted by atomic mass is 35.5. The van der Waals surface area contributed by atoms with Crippen LogP contribution in [0.25, 0.3) is 0 Å². The molecule has 0 aliphatic heterocycles. The average Bonchev–Trinajstić information content (AvgIpc) is 2.64. The number of hydrogen-bond donors (Lipinski definition) is 0. The predicted octanol–water partition coefficient (Wildman–Crippen LogP) is 5.26. The van der Waals surface area contributed by atoms with Crippen molar-refractivity contribution in [1.82, 2.24) is 9.80 Å². The summed E-state index contributed by atoms with van der Waals surface area (Å²) in [6.07, 6.45) is -4.23. The summed E-state index contributed by atoms with van der Waals surface area (Å²) in [4.78, 5) is 15.1. The quantitative estimate of drug-likeness (QED) is 0.582. The van der Waals surface area contributed by atoms with Crippen LogP contribution >= 0.6 is 12.4 Å². The van der Waals surface area contributed by atoms with Gasteiger partial charge >= 0.3 is 12.3 Å². The Kier molecular flexibility index (Phi) is 9.45. The molecule has 0 fully saturated rings. The largest absolute Gasteiger partial charge is 0.494 e. The van der Waals surface area contributed by atoms with Gasteiger partial charge in [-0.05, 0) is 56.1 Å². The van der Waals surface area contributed by atoms with E-state index in [9.17, 15) is 18.0 Å². The molecule has 0 spiro atoms. The predicted molar refractivity (Wildman–Crippen MR) is 111 cm³/mol. The molecular formula is C21H26ClF3N2O3. The van der Waals surface area contributed by atoms with Crippen LogP contribution in [0.2, 0.25) is 0 Å². The van der Waals surface area contributed by atoms with Crippen LogP contribution in [0.5, 0.6) is 11.5 Å². The molecule has 0 saturated carbocycles. The van der Waals surface area contributed by atoms with Gasteiger partial charge in [-0.2, -0.15) is 13.2 Å². The summed E-state index contributed by atoms with van der Waals surface area (Å²) >= 11 is 0. The number of hydrogen-bond acceptors (Lipinski definition) is 4. The van der Waals surface area contributed by atoms with E-state index in [1.165, 1.54) is 17.0 Å². The maximum Gasteiger partial charge on any atom is 0.416 e. The lowest BCUT2D eigenvalue weighted by molar-refractivity contribution is -0.137. The van der Waals surface area contributed by atoms with E-state index in [0.717, 1.165) is 17.7 Å². The van der Waals surface area contributed by atoms with Crippen LogP contribution in [0.1, 0.15) is 23.6 Å². The molecule has 0 bridgehead atoms. The smallest absolute Gasteiger partial charge is 0.416 e. The monoisotopic (exact) mass is 446 g/mol. The van der Waals surface area contributed by atoms with Gasteiger partial charge in [0, 0.05) is 26.6 Å². The first-order valence-electron chi connectivity index (χ1n) is 9.03. The number of amides is 1. The van der Waals surface area contributed by atoms with Crippen LogP contribution in [-0.2, 0) is 6.18 Å². The molecule has 0 radical (unpaired) electrons. The molecule has 2 rings (SSSR count). The molecule has 166 valence electrons. The van der Waals surface area contributed by atoms with Crippen molar-refractivity contribution in [2.45, 2.75) is 18.6 Å². The van der Waals surface area contributed by atoms with Gasteiger partial charge in [0.05, 0.1) is 12.2 Å². The van der Waals surface area contributed by atoms with Gasteiger partial charge in [-0.1, -0.05) is 12.1 Å². The Morgan fingerprint density at radius 3 is 2.17 bits per heavy atom. The van der Waals surface area contributed by atoms with Gasteiger partial charge in [0.2, 0.25) is 0 Å². The number of rotatable bonds is 7. The zero-order chi connectivity index (χ0) is 21.6. The van der Waals surface area contributed by atoms with E-state index < -0.39 is 17.8 Å². The molecule has 0 aliphatic carbocycles. The maximum absolute atomic E-state index is 12.6. The molecule has 0 aliphatic rings. The Morgan fingerprint density at radius 1 is 1.00 bits per heavy atom. The van der Waals surface area contributed by atoms with Crippen LogP contribution in [0.15, 0.2) is 48.5 Å². The third-order valence-corrected chi connectivity index (χ3v) is 4.28. The van der Waals surface area contributed by atoms with Crippen LogP contribution in [0.3, 0.4) is 0 Å². The van der Waals surface area contributed by atoms with Gasteiger partial charge in [0.15, 0.2) is 0 Å². The fraction of sp³-hybridized carbons (Fsp3) is 0.381. The molecule has 30 heavy (non-hydrogen) atoms. The van der Waals surface area contributed by atoms with Gasteiger partial charge in [-0.3, -0.25) is 0 Å². The van der Waals surface area contributed by atoms with Crippen molar-refractivity contribution < 1.29 is 27.4 Å². The summed E-state index contributed by atoms with van der Waals surface area (Å²) in [7, 11) is 7.05. The Morgan fingerprint density at radius 2 is 1.63 bits per heavy atom. The Labute approximate surface area is 180 Å². The number of benzene rings is 2. The highest BCUT2D eigenvalue weighted by molar-refractivity contribution is 5.85. The van der Waals surface area contributed by atoms with Gasteiger partial charge < -0.3 is 19.3 Å². The van der Waals surface area contributed by atoms with Crippen molar-refractivity contribution in [2.75, 3.05) is 34.8 Å². The van der Waals surface area contributed by atoms with Crippen molar-refractivity contribution in [3.8, 4) is 11.5 Å². The molecule has 0 aromatic heterocycles. The Balaban J connectivity index is 0.00000450. The average molecular weight is 447 g/mol. The zero-order valence-corrected chi connectivity index (χ0v) is 18.1. The first-order chi connectivity index (χ1) is 13.6. The molecule has 0 saturated heterocycles. The van der Waals surface area contributed by atoms with Gasteiger partial charge in [-0.15, -0.1) is 12.4 Å². The number of carbonyl (C=O) groups excluding carboxylic acids is 1. The lowest BCUT2D eigenvalue weighted by atomic mass is 10.0. The lowest BCUT2D eigenvalue weighted by Gasteiger charge is -2.25. The van der Waals surface area contributed by atoms with E-state index in [4.69, 9.17) is 9.47 Å². The Bertz CT molecular complexity index is 812. The molecule has 2 aromatic carbocycles. The zero-order valence-electron chi connectivity index (χ0n) is 17.3. The standard InChI is InChI=1S/C21H25F3N2O3.ClH/c1-25(2)19(15-6-5-7-18(14-15)29-20(27)26(3)4)12-13-28-17-10-8-16(9-11-17)21(22,23)24;/h5-11,14,19H,12-13H2,1-4H3;1H. The van der Waals surface area contributed by atoms with Gasteiger partial charge in [0.25, 0.3) is 0 Å². The summed E-state index contributed by atoms with van der Waals surface area (Å²) in [6.45, 7) is 0.315.